The first-order chi connectivity index (χ1) is 13.7. The van der Waals surface area contributed by atoms with Crippen LogP contribution in [0.2, 0.25) is 0 Å². The van der Waals surface area contributed by atoms with Crippen LogP contribution in [0, 0.1) is 18.3 Å². The summed E-state index contributed by atoms with van der Waals surface area (Å²) in [6.45, 7) is 1.86. The molecule has 1 N–H and O–H groups in total. The summed E-state index contributed by atoms with van der Waals surface area (Å²) in [5.41, 5.74) is 2.02. The number of carbonyl (C=O) groups is 1. The Balaban J connectivity index is 1.64. The fourth-order valence-corrected chi connectivity index (χ4v) is 3.26. The predicted molar refractivity (Wildman–Crippen MR) is 102 cm³/mol. The molecule has 0 aliphatic rings. The number of nitrogens with zero attached hydrogens (tertiary/aromatic N) is 7. The van der Waals surface area contributed by atoms with E-state index in [1.165, 1.54) is 10.9 Å². The second-order valence-corrected chi connectivity index (χ2v) is 6.64. The number of hydrogen-bond acceptors (Lipinski definition) is 8. The van der Waals surface area contributed by atoms with Gasteiger partial charge < -0.3 is 0 Å². The van der Waals surface area contributed by atoms with Gasteiger partial charge in [-0.25, -0.2) is 9.97 Å². The Hall–Kier alpha value is -3.97. The highest BCUT2D eigenvalue weighted by Gasteiger charge is 2.19. The van der Waals surface area contributed by atoms with E-state index in [1.54, 1.807) is 30.5 Å². The number of amides is 1. The number of anilines is 1. The van der Waals surface area contributed by atoms with Crippen molar-refractivity contribution >= 4 is 22.4 Å². The average molecular weight is 388 g/mol. The number of rotatable bonds is 4. The van der Waals surface area contributed by atoms with Gasteiger partial charge in [-0.05, 0) is 31.2 Å². The third-order valence-corrected chi connectivity index (χ3v) is 4.60. The van der Waals surface area contributed by atoms with E-state index < -0.39 is 5.91 Å². The second kappa shape index (κ2) is 7.34. The van der Waals surface area contributed by atoms with Gasteiger partial charge in [0.1, 0.15) is 16.6 Å². The highest BCUT2D eigenvalue weighted by atomic mass is 32.1. The minimum absolute atomic E-state index is 0.197. The second-order valence-electron chi connectivity index (χ2n) is 5.65. The molecule has 4 aromatic heterocycles. The Bertz CT molecular complexity index is 1190. The molecule has 4 aromatic rings. The lowest BCUT2D eigenvalue weighted by Crippen LogP contribution is -2.17. The largest absolute Gasteiger partial charge is 0.296 e. The van der Waals surface area contributed by atoms with Gasteiger partial charge in [-0.15, -0.1) is 5.10 Å². The van der Waals surface area contributed by atoms with Gasteiger partial charge in [-0.3, -0.25) is 15.1 Å². The molecule has 0 unspecified atom stereocenters. The topological polar surface area (TPSA) is 122 Å². The van der Waals surface area contributed by atoms with Gasteiger partial charge in [0, 0.05) is 11.9 Å². The molecule has 0 atom stereocenters. The molecule has 0 bridgehead atoms. The highest BCUT2D eigenvalue weighted by molar-refractivity contribution is 7.16. The molecule has 28 heavy (non-hydrogen) atoms. The van der Waals surface area contributed by atoms with Crippen LogP contribution in [0.15, 0.2) is 48.8 Å². The van der Waals surface area contributed by atoms with Crippen LogP contribution < -0.4 is 5.32 Å². The Morgan fingerprint density at radius 2 is 2.11 bits per heavy atom. The van der Waals surface area contributed by atoms with Gasteiger partial charge in [0.05, 0.1) is 11.9 Å². The van der Waals surface area contributed by atoms with Crippen molar-refractivity contribution in [2.75, 3.05) is 5.32 Å². The van der Waals surface area contributed by atoms with E-state index in [0.717, 1.165) is 17.0 Å². The summed E-state index contributed by atoms with van der Waals surface area (Å²) in [7, 11) is 0. The van der Waals surface area contributed by atoms with Crippen molar-refractivity contribution < 1.29 is 4.79 Å². The van der Waals surface area contributed by atoms with Crippen LogP contribution in [0.25, 0.3) is 17.2 Å². The maximum atomic E-state index is 12.7. The summed E-state index contributed by atoms with van der Waals surface area (Å²) >= 11 is 1.08. The molecule has 0 saturated carbocycles. The third-order valence-electron chi connectivity index (χ3n) is 3.73. The number of carbonyl (C=O) groups excluding carboxylic acids is 1. The van der Waals surface area contributed by atoms with E-state index in [-0.39, 0.29) is 10.8 Å². The van der Waals surface area contributed by atoms with Crippen molar-refractivity contribution in [3.63, 3.8) is 0 Å². The summed E-state index contributed by atoms with van der Waals surface area (Å²) < 4.78 is 1.33. The molecule has 0 aliphatic carbocycles. The van der Waals surface area contributed by atoms with Crippen molar-refractivity contribution in [1.29, 1.82) is 5.26 Å². The monoisotopic (exact) mass is 388 g/mol. The molecule has 4 heterocycles. The van der Waals surface area contributed by atoms with Crippen LogP contribution in [0.4, 0.5) is 5.13 Å². The summed E-state index contributed by atoms with van der Waals surface area (Å²) in [6, 6.07) is 12.8. The van der Waals surface area contributed by atoms with E-state index in [4.69, 9.17) is 0 Å². The smallest absolute Gasteiger partial charge is 0.277 e. The predicted octanol–water partition coefficient (Wildman–Crippen LogP) is 2.61. The van der Waals surface area contributed by atoms with Crippen LogP contribution in [0.3, 0.4) is 0 Å². The Kier molecular flexibility index (Phi) is 4.57. The van der Waals surface area contributed by atoms with Crippen molar-refractivity contribution in [3.05, 3.63) is 65.1 Å². The zero-order valence-electron chi connectivity index (χ0n) is 14.6. The van der Waals surface area contributed by atoms with Gasteiger partial charge in [0.25, 0.3) is 5.91 Å². The Morgan fingerprint density at radius 3 is 2.86 bits per heavy atom. The molecular weight excluding hydrogens is 376 g/mol. The molecule has 4 rings (SSSR count). The Morgan fingerprint density at radius 1 is 1.21 bits per heavy atom. The van der Waals surface area contributed by atoms with Crippen molar-refractivity contribution in [2.45, 2.75) is 6.92 Å². The van der Waals surface area contributed by atoms with E-state index in [2.05, 4.69) is 36.7 Å². The lowest BCUT2D eigenvalue weighted by atomic mass is 10.2. The molecule has 0 aliphatic heterocycles. The number of hydrogen-bond donors (Lipinski definition) is 1. The van der Waals surface area contributed by atoms with Gasteiger partial charge >= 0.3 is 0 Å². The number of nitriles is 1. The quantitative estimate of drug-likeness (QED) is 0.570. The molecule has 136 valence electrons. The van der Waals surface area contributed by atoms with Crippen molar-refractivity contribution in [3.8, 4) is 23.3 Å². The van der Waals surface area contributed by atoms with Crippen LogP contribution in [-0.2, 0) is 0 Å². The van der Waals surface area contributed by atoms with Crippen LogP contribution >= 0.6 is 11.3 Å². The van der Waals surface area contributed by atoms with E-state index in [0.29, 0.717) is 22.1 Å². The lowest BCUT2D eigenvalue weighted by molar-refractivity contribution is 0.101. The fourth-order valence-electron chi connectivity index (χ4n) is 2.50. The number of aryl methyl sites for hydroxylation is 1. The van der Waals surface area contributed by atoms with Crippen LogP contribution in [0.5, 0.6) is 0 Å². The summed E-state index contributed by atoms with van der Waals surface area (Å²) in [5, 5.41) is 20.1. The summed E-state index contributed by atoms with van der Waals surface area (Å²) in [6.07, 6.45) is 2.94. The molecule has 0 saturated heterocycles. The molecule has 0 fully saturated rings. The number of nitrogens with one attached hydrogen (secondary N) is 1. The third kappa shape index (κ3) is 3.34. The van der Waals surface area contributed by atoms with Crippen LogP contribution in [-0.4, -0.2) is 35.9 Å². The first kappa shape index (κ1) is 17.4. The zero-order chi connectivity index (χ0) is 19.5. The molecule has 0 aromatic carbocycles. The normalized spacial score (nSPS) is 10.4. The maximum Gasteiger partial charge on any atom is 0.277 e. The molecular formula is C18H12N8OS. The van der Waals surface area contributed by atoms with Gasteiger partial charge in [0.2, 0.25) is 0 Å². The van der Waals surface area contributed by atoms with E-state index in [1.807, 2.05) is 19.1 Å². The minimum atomic E-state index is -0.461. The van der Waals surface area contributed by atoms with E-state index in [9.17, 15) is 10.1 Å². The fraction of sp³-hybridized carbons (Fsp3) is 0.0556. The maximum absolute atomic E-state index is 12.7. The minimum Gasteiger partial charge on any atom is -0.296 e. The number of thiazole rings is 1. The van der Waals surface area contributed by atoms with Gasteiger partial charge in [-0.2, -0.15) is 9.94 Å². The first-order valence-corrected chi connectivity index (χ1v) is 8.96. The van der Waals surface area contributed by atoms with Crippen molar-refractivity contribution in [2.24, 2.45) is 0 Å². The van der Waals surface area contributed by atoms with Crippen molar-refractivity contribution in [1.82, 2.24) is 29.9 Å². The Labute approximate surface area is 163 Å². The number of pyridine rings is 2. The molecule has 10 heteroatoms. The van der Waals surface area contributed by atoms with Gasteiger partial charge in [-0.1, -0.05) is 28.7 Å². The van der Waals surface area contributed by atoms with Crippen LogP contribution in [0.1, 0.15) is 21.1 Å². The summed E-state index contributed by atoms with van der Waals surface area (Å²) in [4.78, 5) is 26.0. The standard InChI is InChI=1S/C18H12N8OS/c1-11-5-4-6-12(22-11)16-14(9-19)28-18(23-16)24-17(27)13-10-21-25-26(13)15-7-2-3-8-20-15/h2-8,10H,1H3,(H,23,24,27). The lowest BCUT2D eigenvalue weighted by Gasteiger charge is -2.04. The molecule has 9 nitrogen and oxygen atoms in total. The number of aromatic nitrogens is 6. The van der Waals surface area contributed by atoms with E-state index >= 15 is 0 Å². The highest BCUT2D eigenvalue weighted by Crippen LogP contribution is 2.29. The first-order valence-electron chi connectivity index (χ1n) is 8.14. The molecule has 1 amide bonds. The summed E-state index contributed by atoms with van der Waals surface area (Å²) in [5.74, 6) is 0.00398. The molecule has 0 spiro atoms. The SMILES string of the molecule is Cc1cccc(-c2nc(NC(=O)c3cnnn3-c3ccccn3)sc2C#N)n1. The average Bonchev–Trinajstić information content (AvgIpc) is 3.35. The molecule has 0 radical (unpaired) electrons. The van der Waals surface area contributed by atoms with Gasteiger partial charge in [0.15, 0.2) is 16.6 Å². The zero-order valence-corrected chi connectivity index (χ0v) is 15.4.